The third kappa shape index (κ3) is 3.83. The average molecular weight is 270 g/mol. The topological polar surface area (TPSA) is 38.5 Å². The fourth-order valence-corrected chi connectivity index (χ4v) is 2.33. The molecule has 0 amide bonds. The van der Waals surface area contributed by atoms with E-state index in [1.165, 1.54) is 11.1 Å². The Hall–Kier alpha value is -1.84. The van der Waals surface area contributed by atoms with Gasteiger partial charge in [-0.15, -0.1) is 0 Å². The van der Waals surface area contributed by atoms with E-state index in [2.05, 4.69) is 30.1 Å². The molecule has 0 aliphatic rings. The number of nitrogens with two attached hydrogens (primary N) is 1. The zero-order chi connectivity index (χ0) is 14.4. The molecule has 3 heteroatoms. The van der Waals surface area contributed by atoms with Gasteiger partial charge in [-0.2, -0.15) is 0 Å². The summed E-state index contributed by atoms with van der Waals surface area (Å²) < 4.78 is 5.38. The van der Waals surface area contributed by atoms with E-state index in [0.717, 1.165) is 18.8 Å². The Morgan fingerprint density at radius 2 is 1.70 bits per heavy atom. The van der Waals surface area contributed by atoms with Gasteiger partial charge in [0.1, 0.15) is 5.75 Å². The summed E-state index contributed by atoms with van der Waals surface area (Å²) >= 11 is 0. The van der Waals surface area contributed by atoms with Gasteiger partial charge in [-0.3, -0.25) is 0 Å². The molecule has 2 N–H and O–H groups in total. The molecule has 2 aromatic carbocycles. The molecular formula is C17H22N2O. The zero-order valence-electron chi connectivity index (χ0n) is 12.1. The summed E-state index contributed by atoms with van der Waals surface area (Å²) in [6.07, 6.45) is 0. The van der Waals surface area contributed by atoms with Crippen molar-refractivity contribution in [1.82, 2.24) is 4.90 Å². The first kappa shape index (κ1) is 14.6. The maximum atomic E-state index is 6.25. The van der Waals surface area contributed by atoms with Gasteiger partial charge in [0.25, 0.3) is 0 Å². The van der Waals surface area contributed by atoms with Crippen LogP contribution >= 0.6 is 0 Å². The highest BCUT2D eigenvalue weighted by molar-refractivity contribution is 5.33. The molecule has 2 aromatic rings. The maximum absolute atomic E-state index is 6.25. The van der Waals surface area contributed by atoms with E-state index >= 15 is 0 Å². The van der Waals surface area contributed by atoms with Crippen LogP contribution in [0.4, 0.5) is 0 Å². The van der Waals surface area contributed by atoms with E-state index in [1.54, 1.807) is 7.11 Å². The van der Waals surface area contributed by atoms with Crippen LogP contribution in [0.5, 0.6) is 5.75 Å². The van der Waals surface area contributed by atoms with Crippen molar-refractivity contribution in [2.24, 2.45) is 5.73 Å². The summed E-state index contributed by atoms with van der Waals surface area (Å²) in [7, 11) is 3.78. The Kier molecular flexibility index (Phi) is 5.16. The lowest BCUT2D eigenvalue weighted by Gasteiger charge is -2.22. The Morgan fingerprint density at radius 1 is 1.05 bits per heavy atom. The Balaban J connectivity index is 1.97. The molecule has 1 atom stereocenters. The van der Waals surface area contributed by atoms with E-state index in [-0.39, 0.29) is 6.04 Å². The molecule has 0 aliphatic carbocycles. The second-order valence-corrected chi connectivity index (χ2v) is 5.03. The van der Waals surface area contributed by atoms with Crippen LogP contribution in [0.1, 0.15) is 17.2 Å². The van der Waals surface area contributed by atoms with Crippen molar-refractivity contribution >= 4 is 0 Å². The van der Waals surface area contributed by atoms with Crippen molar-refractivity contribution in [1.29, 1.82) is 0 Å². The van der Waals surface area contributed by atoms with Gasteiger partial charge in [-0.05, 0) is 18.7 Å². The lowest BCUT2D eigenvalue weighted by Crippen LogP contribution is -2.28. The first-order chi connectivity index (χ1) is 9.70. The van der Waals surface area contributed by atoms with E-state index in [1.807, 2.05) is 36.4 Å². The van der Waals surface area contributed by atoms with Gasteiger partial charge in [0.2, 0.25) is 0 Å². The van der Waals surface area contributed by atoms with Crippen molar-refractivity contribution < 1.29 is 4.74 Å². The number of ether oxygens (including phenoxy) is 1. The molecule has 106 valence electrons. The first-order valence-corrected chi connectivity index (χ1v) is 6.81. The standard InChI is InChI=1S/C17H22N2O/c1-19(12-15-10-6-7-11-17(15)20-2)13-16(18)14-8-4-3-5-9-14/h3-11,16H,12-13,18H2,1-2H3. The lowest BCUT2D eigenvalue weighted by molar-refractivity contribution is 0.298. The molecule has 0 radical (unpaired) electrons. The minimum absolute atomic E-state index is 0.0240. The molecule has 0 aliphatic heterocycles. The van der Waals surface area contributed by atoms with Crippen LogP contribution in [0.25, 0.3) is 0 Å². The minimum Gasteiger partial charge on any atom is -0.496 e. The van der Waals surface area contributed by atoms with Crippen molar-refractivity contribution in [2.45, 2.75) is 12.6 Å². The molecule has 0 fully saturated rings. The van der Waals surface area contributed by atoms with Gasteiger partial charge in [-0.25, -0.2) is 0 Å². The predicted octanol–water partition coefficient (Wildman–Crippen LogP) is 2.83. The Labute approximate surface area is 121 Å². The van der Waals surface area contributed by atoms with Gasteiger partial charge >= 0.3 is 0 Å². The van der Waals surface area contributed by atoms with Crippen LogP contribution < -0.4 is 10.5 Å². The Morgan fingerprint density at radius 3 is 2.40 bits per heavy atom. The second kappa shape index (κ2) is 7.08. The van der Waals surface area contributed by atoms with Crippen LogP contribution in [-0.4, -0.2) is 25.6 Å². The molecule has 0 spiro atoms. The maximum Gasteiger partial charge on any atom is 0.123 e. The number of para-hydroxylation sites is 1. The zero-order valence-corrected chi connectivity index (χ0v) is 12.1. The van der Waals surface area contributed by atoms with Crippen molar-refractivity contribution in [2.75, 3.05) is 20.7 Å². The van der Waals surface area contributed by atoms with Gasteiger partial charge in [-0.1, -0.05) is 48.5 Å². The summed E-state index contributed by atoms with van der Waals surface area (Å²) in [4.78, 5) is 2.22. The SMILES string of the molecule is COc1ccccc1CN(C)CC(N)c1ccccc1. The number of nitrogens with zero attached hydrogens (tertiary/aromatic N) is 1. The van der Waals surface area contributed by atoms with Crippen molar-refractivity contribution in [3.8, 4) is 5.75 Å². The quantitative estimate of drug-likeness (QED) is 0.877. The van der Waals surface area contributed by atoms with Crippen LogP contribution in [0.3, 0.4) is 0 Å². The van der Waals surface area contributed by atoms with Crippen LogP contribution in [0.15, 0.2) is 54.6 Å². The summed E-state index contributed by atoms with van der Waals surface area (Å²) in [6, 6.07) is 18.3. The van der Waals surface area contributed by atoms with E-state index in [4.69, 9.17) is 10.5 Å². The van der Waals surface area contributed by atoms with Gasteiger partial charge < -0.3 is 15.4 Å². The number of hydrogen-bond donors (Lipinski definition) is 1. The molecule has 0 heterocycles. The van der Waals surface area contributed by atoms with Crippen molar-refractivity contribution in [3.05, 3.63) is 65.7 Å². The predicted molar refractivity (Wildman–Crippen MR) is 82.7 cm³/mol. The summed E-state index contributed by atoms with van der Waals surface area (Å²) in [5.41, 5.74) is 8.59. The largest absolute Gasteiger partial charge is 0.496 e. The smallest absolute Gasteiger partial charge is 0.123 e. The fourth-order valence-electron chi connectivity index (χ4n) is 2.33. The lowest BCUT2D eigenvalue weighted by atomic mass is 10.1. The van der Waals surface area contributed by atoms with Crippen LogP contribution in [0.2, 0.25) is 0 Å². The minimum atomic E-state index is 0.0240. The summed E-state index contributed by atoms with van der Waals surface area (Å²) in [5, 5.41) is 0. The number of methoxy groups -OCH3 is 1. The average Bonchev–Trinajstić information content (AvgIpc) is 2.48. The van der Waals surface area contributed by atoms with E-state index in [9.17, 15) is 0 Å². The summed E-state index contributed by atoms with van der Waals surface area (Å²) in [6.45, 7) is 1.63. The highest BCUT2D eigenvalue weighted by Gasteiger charge is 2.11. The first-order valence-electron chi connectivity index (χ1n) is 6.81. The van der Waals surface area contributed by atoms with Gasteiger partial charge in [0.05, 0.1) is 7.11 Å². The fraction of sp³-hybridized carbons (Fsp3) is 0.294. The molecule has 20 heavy (non-hydrogen) atoms. The summed E-state index contributed by atoms with van der Waals surface area (Å²) in [5.74, 6) is 0.924. The molecule has 3 nitrogen and oxygen atoms in total. The molecule has 1 unspecified atom stereocenters. The van der Waals surface area contributed by atoms with Crippen molar-refractivity contribution in [3.63, 3.8) is 0 Å². The van der Waals surface area contributed by atoms with Crippen LogP contribution in [-0.2, 0) is 6.54 Å². The van der Waals surface area contributed by atoms with Gasteiger partial charge in [0.15, 0.2) is 0 Å². The number of benzene rings is 2. The molecule has 0 saturated carbocycles. The molecule has 2 rings (SSSR count). The number of rotatable bonds is 6. The molecular weight excluding hydrogens is 248 g/mol. The highest BCUT2D eigenvalue weighted by atomic mass is 16.5. The van der Waals surface area contributed by atoms with Gasteiger partial charge in [0, 0.05) is 24.7 Å². The van der Waals surface area contributed by atoms with Crippen LogP contribution in [0, 0.1) is 0 Å². The molecule has 0 bridgehead atoms. The monoisotopic (exact) mass is 270 g/mol. The van der Waals surface area contributed by atoms with E-state index < -0.39 is 0 Å². The third-order valence-corrected chi connectivity index (χ3v) is 3.37. The third-order valence-electron chi connectivity index (χ3n) is 3.37. The molecule has 0 aromatic heterocycles. The second-order valence-electron chi connectivity index (χ2n) is 5.03. The Bertz CT molecular complexity index is 528. The van der Waals surface area contributed by atoms with E-state index in [0.29, 0.717) is 0 Å². The number of likely N-dealkylation sites (N-methyl/N-ethyl adjacent to an activating group) is 1. The molecule has 0 saturated heterocycles. The normalized spacial score (nSPS) is 12.4. The number of hydrogen-bond acceptors (Lipinski definition) is 3. The highest BCUT2D eigenvalue weighted by Crippen LogP contribution is 2.19.